The summed E-state index contributed by atoms with van der Waals surface area (Å²) in [6, 6.07) is 16.7. The minimum atomic E-state index is 0.240. The van der Waals surface area contributed by atoms with Crippen LogP contribution >= 0.6 is 0 Å². The maximum atomic E-state index is 9.27. The van der Waals surface area contributed by atoms with Crippen molar-refractivity contribution in [2.75, 3.05) is 40.4 Å². The number of rotatable bonds is 8. The molecule has 1 N–H and O–H groups in total. The average Bonchev–Trinajstić information content (AvgIpc) is 2.70. The molecule has 2 aromatic carbocycles. The van der Waals surface area contributed by atoms with Crippen molar-refractivity contribution in [2.24, 2.45) is 0 Å². The summed E-state index contributed by atoms with van der Waals surface area (Å²) in [5, 5.41) is 9.27. The molecule has 0 bridgehead atoms. The summed E-state index contributed by atoms with van der Waals surface area (Å²) < 4.78 is 11.5. The molecular weight excluding hydrogens is 340 g/mol. The van der Waals surface area contributed by atoms with Crippen molar-refractivity contribution >= 4 is 0 Å². The largest absolute Gasteiger partial charge is 0.493 e. The summed E-state index contributed by atoms with van der Waals surface area (Å²) in [5.74, 6) is 1.53. The monoisotopic (exact) mass is 370 g/mol. The fraction of sp³-hybridized carbons (Fsp3) is 0.455. The number of likely N-dealkylation sites (N-methyl/N-ethyl adjacent to an activating group) is 1. The molecule has 1 aliphatic rings. The zero-order valence-corrected chi connectivity index (χ0v) is 16.3. The number of hydrogen-bond donors (Lipinski definition) is 1. The Kier molecular flexibility index (Phi) is 7.10. The van der Waals surface area contributed by atoms with Crippen molar-refractivity contribution in [3.63, 3.8) is 0 Å². The summed E-state index contributed by atoms with van der Waals surface area (Å²) in [4.78, 5) is 4.79. The second-order valence-corrected chi connectivity index (χ2v) is 7.14. The van der Waals surface area contributed by atoms with Gasteiger partial charge in [-0.25, -0.2) is 0 Å². The Morgan fingerprint density at radius 2 is 1.85 bits per heavy atom. The van der Waals surface area contributed by atoms with Crippen LogP contribution in [0.25, 0.3) is 0 Å². The van der Waals surface area contributed by atoms with E-state index in [9.17, 15) is 5.11 Å². The average molecular weight is 370 g/mol. The molecule has 27 heavy (non-hydrogen) atoms. The molecule has 5 heteroatoms. The van der Waals surface area contributed by atoms with Gasteiger partial charge >= 0.3 is 0 Å². The molecule has 0 radical (unpaired) electrons. The predicted molar refractivity (Wildman–Crippen MR) is 107 cm³/mol. The van der Waals surface area contributed by atoms with E-state index >= 15 is 0 Å². The number of piperazine rings is 1. The van der Waals surface area contributed by atoms with E-state index in [0.29, 0.717) is 12.6 Å². The minimum absolute atomic E-state index is 0.240. The Bertz CT molecular complexity index is 708. The van der Waals surface area contributed by atoms with Gasteiger partial charge in [-0.3, -0.25) is 4.90 Å². The highest BCUT2D eigenvalue weighted by molar-refractivity contribution is 5.43. The van der Waals surface area contributed by atoms with Gasteiger partial charge in [-0.2, -0.15) is 0 Å². The van der Waals surface area contributed by atoms with Crippen molar-refractivity contribution in [1.82, 2.24) is 9.80 Å². The molecule has 146 valence electrons. The Labute approximate surface area is 162 Å². The third-order valence-electron chi connectivity index (χ3n) is 5.19. The van der Waals surface area contributed by atoms with Gasteiger partial charge in [0, 0.05) is 38.8 Å². The van der Waals surface area contributed by atoms with Gasteiger partial charge in [-0.15, -0.1) is 0 Å². The normalized spacial score (nSPS) is 18.4. The Morgan fingerprint density at radius 1 is 1.04 bits per heavy atom. The zero-order valence-electron chi connectivity index (χ0n) is 16.3. The lowest BCUT2D eigenvalue weighted by molar-refractivity contribution is 0.0742. The van der Waals surface area contributed by atoms with Gasteiger partial charge in [0.25, 0.3) is 0 Å². The smallest absolute Gasteiger partial charge is 0.161 e. The summed E-state index contributed by atoms with van der Waals surface area (Å²) in [6.07, 6.45) is 0.822. The molecule has 1 fully saturated rings. The van der Waals surface area contributed by atoms with Crippen molar-refractivity contribution in [3.05, 3.63) is 59.7 Å². The number of nitrogens with zero attached hydrogens (tertiary/aromatic N) is 2. The second-order valence-electron chi connectivity index (χ2n) is 7.14. The van der Waals surface area contributed by atoms with E-state index in [4.69, 9.17) is 9.47 Å². The van der Waals surface area contributed by atoms with Crippen LogP contribution in [0.1, 0.15) is 17.5 Å². The van der Waals surface area contributed by atoms with Gasteiger partial charge in [0.05, 0.1) is 7.11 Å². The quantitative estimate of drug-likeness (QED) is 0.774. The van der Waals surface area contributed by atoms with Crippen LogP contribution in [-0.4, -0.2) is 61.3 Å². The molecule has 1 heterocycles. The zero-order chi connectivity index (χ0) is 19.1. The predicted octanol–water partition coefficient (Wildman–Crippen LogP) is 2.77. The first-order chi connectivity index (χ1) is 13.2. The number of hydrogen-bond acceptors (Lipinski definition) is 5. The van der Waals surface area contributed by atoms with Crippen LogP contribution in [0.5, 0.6) is 11.5 Å². The van der Waals surface area contributed by atoms with Gasteiger partial charge in [0.2, 0.25) is 0 Å². The van der Waals surface area contributed by atoms with Crippen LogP contribution < -0.4 is 9.47 Å². The van der Waals surface area contributed by atoms with Crippen LogP contribution in [0.15, 0.2) is 48.5 Å². The Balaban J connectivity index is 1.61. The van der Waals surface area contributed by atoms with Gasteiger partial charge in [-0.05, 0) is 36.7 Å². The van der Waals surface area contributed by atoms with E-state index in [1.807, 2.05) is 24.3 Å². The summed E-state index contributed by atoms with van der Waals surface area (Å²) in [6.45, 7) is 4.69. The molecule has 0 amide bonds. The van der Waals surface area contributed by atoms with Crippen LogP contribution in [0.4, 0.5) is 0 Å². The van der Waals surface area contributed by atoms with E-state index in [2.05, 4.69) is 41.1 Å². The van der Waals surface area contributed by atoms with Crippen molar-refractivity contribution in [1.29, 1.82) is 0 Å². The number of methoxy groups -OCH3 is 1. The Morgan fingerprint density at radius 3 is 2.59 bits per heavy atom. The molecule has 5 nitrogen and oxygen atoms in total. The third kappa shape index (κ3) is 5.45. The van der Waals surface area contributed by atoms with Crippen LogP contribution in [0.2, 0.25) is 0 Å². The lowest BCUT2D eigenvalue weighted by Crippen LogP contribution is -2.51. The lowest BCUT2D eigenvalue weighted by Gasteiger charge is -2.39. The molecule has 0 saturated carbocycles. The van der Waals surface area contributed by atoms with Crippen molar-refractivity contribution < 1.29 is 14.6 Å². The summed E-state index contributed by atoms with van der Waals surface area (Å²) >= 11 is 0. The molecule has 2 aromatic rings. The maximum absolute atomic E-state index is 9.27. The standard InChI is InChI=1S/C22H30N2O3/c1-23-11-12-24(16-20(23)10-13-25)15-19-8-9-21(22(14-19)26-2)27-17-18-6-4-3-5-7-18/h3-9,14,20,25H,10-13,15-17H2,1-2H3/t20-/m0/s1. The van der Waals surface area contributed by atoms with Gasteiger partial charge in [0.15, 0.2) is 11.5 Å². The number of ether oxygens (including phenoxy) is 2. The van der Waals surface area contributed by atoms with Crippen LogP contribution in [0.3, 0.4) is 0 Å². The fourth-order valence-electron chi connectivity index (χ4n) is 3.54. The molecule has 1 atom stereocenters. The number of aliphatic hydroxyl groups is 1. The molecular formula is C22H30N2O3. The lowest BCUT2D eigenvalue weighted by atomic mass is 10.1. The molecule has 0 aromatic heterocycles. The van der Waals surface area contributed by atoms with E-state index in [0.717, 1.165) is 49.7 Å². The van der Waals surface area contributed by atoms with E-state index in [1.54, 1.807) is 7.11 Å². The van der Waals surface area contributed by atoms with Gasteiger partial charge in [-0.1, -0.05) is 36.4 Å². The number of aliphatic hydroxyl groups excluding tert-OH is 1. The second kappa shape index (κ2) is 9.74. The SMILES string of the molecule is COc1cc(CN2CCN(C)[C@@H](CCO)C2)ccc1OCc1ccccc1. The fourth-order valence-corrected chi connectivity index (χ4v) is 3.54. The topological polar surface area (TPSA) is 45.2 Å². The van der Waals surface area contributed by atoms with E-state index < -0.39 is 0 Å². The van der Waals surface area contributed by atoms with Crippen molar-refractivity contribution in [3.8, 4) is 11.5 Å². The van der Waals surface area contributed by atoms with Crippen molar-refractivity contribution in [2.45, 2.75) is 25.6 Å². The highest BCUT2D eigenvalue weighted by Crippen LogP contribution is 2.29. The molecule has 1 saturated heterocycles. The number of benzene rings is 2. The van der Waals surface area contributed by atoms with Gasteiger partial charge < -0.3 is 19.5 Å². The highest BCUT2D eigenvalue weighted by Gasteiger charge is 2.24. The molecule has 3 rings (SSSR count). The molecule has 0 spiro atoms. The van der Waals surface area contributed by atoms with Gasteiger partial charge in [0.1, 0.15) is 6.61 Å². The first-order valence-electron chi connectivity index (χ1n) is 9.56. The minimum Gasteiger partial charge on any atom is -0.493 e. The van der Waals surface area contributed by atoms with E-state index in [-0.39, 0.29) is 6.61 Å². The maximum Gasteiger partial charge on any atom is 0.161 e. The first kappa shape index (κ1) is 19.7. The highest BCUT2D eigenvalue weighted by atomic mass is 16.5. The molecule has 0 aliphatic carbocycles. The van der Waals surface area contributed by atoms with Crippen LogP contribution in [0, 0.1) is 0 Å². The summed E-state index contributed by atoms with van der Waals surface area (Å²) in [7, 11) is 3.82. The molecule has 0 unspecified atom stereocenters. The molecule has 1 aliphatic heterocycles. The Hall–Kier alpha value is -2.08. The third-order valence-corrected chi connectivity index (χ3v) is 5.19. The summed E-state index contributed by atoms with van der Waals surface area (Å²) in [5.41, 5.74) is 2.35. The first-order valence-corrected chi connectivity index (χ1v) is 9.56. The van der Waals surface area contributed by atoms with E-state index in [1.165, 1.54) is 5.56 Å². The van der Waals surface area contributed by atoms with Crippen LogP contribution in [-0.2, 0) is 13.2 Å².